The van der Waals surface area contributed by atoms with Crippen molar-refractivity contribution < 1.29 is 8.81 Å². The molecular weight excluding hydrogens is 217 g/mol. The molecule has 2 aromatic heterocycles. The summed E-state index contributed by atoms with van der Waals surface area (Å²) in [6.07, 6.45) is 2.02. The van der Waals surface area contributed by atoms with Crippen molar-refractivity contribution >= 4 is 12.6 Å². The number of oxazole rings is 1. The molecule has 4 nitrogen and oxygen atoms in total. The molecule has 0 unspecified atom stereocenters. The Balaban J connectivity index is 2.32. The highest BCUT2D eigenvalue weighted by Crippen LogP contribution is 2.18. The van der Waals surface area contributed by atoms with E-state index in [1.165, 1.54) is 4.68 Å². The predicted molar refractivity (Wildman–Crippen MR) is 55.3 cm³/mol. The molecule has 0 aliphatic rings. The van der Waals surface area contributed by atoms with Gasteiger partial charge in [-0.25, -0.2) is 4.68 Å². The molecule has 0 spiro atoms. The van der Waals surface area contributed by atoms with Crippen LogP contribution < -0.4 is 0 Å². The molecule has 2 aromatic rings. The fraction of sp³-hybridized carbons (Fsp3) is 0.333. The van der Waals surface area contributed by atoms with Gasteiger partial charge in [0.05, 0.1) is 12.4 Å². The van der Waals surface area contributed by atoms with E-state index in [4.69, 9.17) is 4.42 Å². The molecule has 0 N–H and O–H groups in total. The van der Waals surface area contributed by atoms with Crippen LogP contribution in [-0.2, 0) is 6.42 Å². The van der Waals surface area contributed by atoms with Crippen LogP contribution in [0.4, 0.5) is 4.39 Å². The van der Waals surface area contributed by atoms with Crippen molar-refractivity contribution in [2.24, 2.45) is 0 Å². The summed E-state index contributed by atoms with van der Waals surface area (Å²) in [5, 5.41) is 4.55. The van der Waals surface area contributed by atoms with Crippen molar-refractivity contribution in [3.05, 3.63) is 23.8 Å². The lowest BCUT2D eigenvalue weighted by Crippen LogP contribution is -1.98. The summed E-state index contributed by atoms with van der Waals surface area (Å²) in [5.74, 6) is 1.05. The van der Waals surface area contributed by atoms with Crippen LogP contribution >= 0.6 is 12.6 Å². The number of hydrogen-bond donors (Lipinski definition) is 1. The first-order valence-corrected chi connectivity index (χ1v) is 4.92. The van der Waals surface area contributed by atoms with Crippen LogP contribution in [0.2, 0.25) is 0 Å². The smallest absolute Gasteiger partial charge is 0.206 e. The Morgan fingerprint density at radius 1 is 1.60 bits per heavy atom. The minimum Gasteiger partial charge on any atom is -0.433 e. The average molecular weight is 227 g/mol. The summed E-state index contributed by atoms with van der Waals surface area (Å²) < 4.78 is 18.8. The third kappa shape index (κ3) is 2.04. The molecule has 0 amide bonds. The molecule has 0 radical (unpaired) electrons. The topological polar surface area (TPSA) is 43.9 Å². The van der Waals surface area contributed by atoms with Gasteiger partial charge < -0.3 is 4.42 Å². The number of aryl methyl sites for hydroxylation is 2. The third-order valence-electron chi connectivity index (χ3n) is 1.91. The minimum atomic E-state index is -0.414. The van der Waals surface area contributed by atoms with Crippen molar-refractivity contribution in [1.82, 2.24) is 14.8 Å². The van der Waals surface area contributed by atoms with E-state index in [0.717, 1.165) is 0 Å². The fourth-order valence-electron chi connectivity index (χ4n) is 1.26. The largest absolute Gasteiger partial charge is 0.433 e. The van der Waals surface area contributed by atoms with E-state index in [9.17, 15) is 4.39 Å². The lowest BCUT2D eigenvalue weighted by Gasteiger charge is -1.94. The summed E-state index contributed by atoms with van der Waals surface area (Å²) in [7, 11) is 0. The maximum atomic E-state index is 12.1. The molecule has 80 valence electrons. The lowest BCUT2D eigenvalue weighted by atomic mass is 10.3. The average Bonchev–Trinajstić information content (AvgIpc) is 2.73. The van der Waals surface area contributed by atoms with Gasteiger partial charge in [0.2, 0.25) is 10.9 Å². The lowest BCUT2D eigenvalue weighted by molar-refractivity contribution is 0.441. The Morgan fingerprint density at radius 3 is 3.00 bits per heavy atom. The summed E-state index contributed by atoms with van der Waals surface area (Å²) in [6, 6.07) is 1.75. The monoisotopic (exact) mass is 227 g/mol. The number of halogens is 1. The molecule has 0 bridgehead atoms. The fourth-order valence-corrected chi connectivity index (χ4v) is 1.55. The van der Waals surface area contributed by atoms with Gasteiger partial charge in [0.25, 0.3) is 0 Å². The van der Waals surface area contributed by atoms with E-state index in [0.29, 0.717) is 28.9 Å². The second kappa shape index (κ2) is 4.06. The van der Waals surface area contributed by atoms with E-state index in [1.807, 2.05) is 0 Å². The van der Waals surface area contributed by atoms with Crippen molar-refractivity contribution in [3.63, 3.8) is 0 Å². The van der Waals surface area contributed by atoms with Gasteiger partial charge in [0, 0.05) is 19.5 Å². The second-order valence-electron chi connectivity index (χ2n) is 3.05. The number of nitrogens with zero attached hydrogens (tertiary/aromatic N) is 3. The standard InChI is InChI=1S/C9H10FN3OS/c1-6-11-8(9(15)14-6)13-5-3-7(12-13)2-4-10/h3,5,15H,2,4H2,1H3. The summed E-state index contributed by atoms with van der Waals surface area (Å²) in [5.41, 5.74) is 0.686. The van der Waals surface area contributed by atoms with Gasteiger partial charge in [0.1, 0.15) is 0 Å². The normalized spacial score (nSPS) is 10.9. The highest BCUT2D eigenvalue weighted by Gasteiger charge is 2.10. The van der Waals surface area contributed by atoms with E-state index >= 15 is 0 Å². The van der Waals surface area contributed by atoms with Gasteiger partial charge in [-0.1, -0.05) is 0 Å². The van der Waals surface area contributed by atoms with Gasteiger partial charge >= 0.3 is 0 Å². The number of thiol groups is 1. The molecule has 0 saturated heterocycles. The molecule has 0 saturated carbocycles. The van der Waals surface area contributed by atoms with Crippen LogP contribution in [0.15, 0.2) is 21.8 Å². The van der Waals surface area contributed by atoms with Crippen LogP contribution in [0, 0.1) is 6.92 Å². The van der Waals surface area contributed by atoms with Crippen LogP contribution in [-0.4, -0.2) is 21.4 Å². The number of hydrogen-bond acceptors (Lipinski definition) is 4. The van der Waals surface area contributed by atoms with Crippen LogP contribution in [0.25, 0.3) is 5.82 Å². The molecule has 0 fully saturated rings. The molecule has 0 aliphatic heterocycles. The summed E-state index contributed by atoms with van der Waals surface area (Å²) in [4.78, 5) is 4.12. The van der Waals surface area contributed by atoms with E-state index in [1.54, 1.807) is 19.2 Å². The Bertz CT molecular complexity index is 466. The first-order chi connectivity index (χ1) is 7.20. The summed E-state index contributed by atoms with van der Waals surface area (Å²) in [6.45, 7) is 1.32. The maximum absolute atomic E-state index is 12.1. The van der Waals surface area contributed by atoms with Crippen LogP contribution in [0.3, 0.4) is 0 Å². The zero-order valence-corrected chi connectivity index (χ0v) is 9.04. The molecule has 0 aromatic carbocycles. The van der Waals surface area contributed by atoms with E-state index in [-0.39, 0.29) is 0 Å². The first kappa shape index (κ1) is 10.2. The SMILES string of the molecule is Cc1nc(-n2ccc(CCF)n2)c(S)o1. The summed E-state index contributed by atoms with van der Waals surface area (Å²) >= 11 is 4.13. The number of rotatable bonds is 3. The van der Waals surface area contributed by atoms with Gasteiger partial charge in [0.15, 0.2) is 5.89 Å². The van der Waals surface area contributed by atoms with Crippen LogP contribution in [0.5, 0.6) is 0 Å². The Morgan fingerprint density at radius 2 is 2.40 bits per heavy atom. The third-order valence-corrected chi connectivity index (χ3v) is 2.20. The maximum Gasteiger partial charge on any atom is 0.206 e. The quantitative estimate of drug-likeness (QED) is 0.815. The molecule has 0 aliphatic carbocycles. The van der Waals surface area contributed by atoms with Crippen molar-refractivity contribution in [3.8, 4) is 5.82 Å². The highest BCUT2D eigenvalue weighted by molar-refractivity contribution is 7.80. The first-order valence-electron chi connectivity index (χ1n) is 4.48. The van der Waals surface area contributed by atoms with Gasteiger partial charge in [-0.05, 0) is 6.07 Å². The van der Waals surface area contributed by atoms with Crippen molar-refractivity contribution in [2.45, 2.75) is 18.4 Å². The molecule has 6 heteroatoms. The number of alkyl halides is 1. The zero-order chi connectivity index (χ0) is 10.8. The highest BCUT2D eigenvalue weighted by atomic mass is 32.1. The van der Waals surface area contributed by atoms with E-state index in [2.05, 4.69) is 22.7 Å². The van der Waals surface area contributed by atoms with Gasteiger partial charge in [-0.15, -0.1) is 12.6 Å². The van der Waals surface area contributed by atoms with Crippen molar-refractivity contribution in [2.75, 3.05) is 6.67 Å². The Kier molecular flexibility index (Phi) is 2.77. The van der Waals surface area contributed by atoms with Crippen LogP contribution in [0.1, 0.15) is 11.6 Å². The molecular formula is C9H10FN3OS. The molecule has 2 heterocycles. The van der Waals surface area contributed by atoms with Gasteiger partial charge in [-0.2, -0.15) is 10.1 Å². The Labute approximate surface area is 91.5 Å². The predicted octanol–water partition coefficient (Wildman–Crippen LogP) is 1.97. The molecule has 0 atom stereocenters. The van der Waals surface area contributed by atoms with E-state index < -0.39 is 6.67 Å². The van der Waals surface area contributed by atoms with Gasteiger partial charge in [-0.3, -0.25) is 4.39 Å². The Hall–Kier alpha value is -1.30. The molecule has 2 rings (SSSR count). The minimum absolute atomic E-state index is 0.311. The van der Waals surface area contributed by atoms with Crippen molar-refractivity contribution in [1.29, 1.82) is 0 Å². The number of aromatic nitrogens is 3. The molecule has 15 heavy (non-hydrogen) atoms. The second-order valence-corrected chi connectivity index (χ2v) is 3.46. The zero-order valence-electron chi connectivity index (χ0n) is 8.14.